The highest BCUT2D eigenvalue weighted by Crippen LogP contribution is 2.38. The molecule has 0 aliphatic heterocycles. The van der Waals surface area contributed by atoms with Crippen LogP contribution in [0.5, 0.6) is 0 Å². The van der Waals surface area contributed by atoms with Gasteiger partial charge in [-0.2, -0.15) is 5.10 Å². The molecule has 0 aromatic carbocycles. The van der Waals surface area contributed by atoms with E-state index in [1.807, 2.05) is 6.92 Å². The Morgan fingerprint density at radius 2 is 1.95 bits per heavy atom. The zero-order chi connectivity index (χ0) is 14.9. The Morgan fingerprint density at radius 3 is 2.45 bits per heavy atom. The third kappa shape index (κ3) is 3.56. The van der Waals surface area contributed by atoms with Gasteiger partial charge in [-0.3, -0.25) is 4.68 Å². The van der Waals surface area contributed by atoms with E-state index >= 15 is 0 Å². The summed E-state index contributed by atoms with van der Waals surface area (Å²) in [5.74, 6) is 1.54. The molecule has 1 aromatic rings. The van der Waals surface area contributed by atoms with Crippen molar-refractivity contribution in [3.63, 3.8) is 0 Å². The van der Waals surface area contributed by atoms with Crippen LogP contribution in [0.4, 0.5) is 0 Å². The van der Waals surface area contributed by atoms with Crippen LogP contribution in [0.15, 0.2) is 0 Å². The van der Waals surface area contributed by atoms with Crippen LogP contribution < -0.4 is 5.32 Å². The predicted molar refractivity (Wildman–Crippen MR) is 85.3 cm³/mol. The molecule has 0 bridgehead atoms. The highest BCUT2D eigenvalue weighted by molar-refractivity contribution is 6.31. The molecule has 1 aliphatic rings. The molecule has 1 fully saturated rings. The van der Waals surface area contributed by atoms with Crippen molar-refractivity contribution in [1.82, 2.24) is 15.1 Å². The Kier molecular flexibility index (Phi) is 4.80. The molecule has 2 unspecified atom stereocenters. The van der Waals surface area contributed by atoms with Gasteiger partial charge >= 0.3 is 0 Å². The Labute approximate surface area is 128 Å². The number of nitrogens with one attached hydrogen (secondary N) is 1. The van der Waals surface area contributed by atoms with Gasteiger partial charge in [-0.25, -0.2) is 0 Å². The van der Waals surface area contributed by atoms with E-state index in [-0.39, 0.29) is 5.54 Å². The normalized spacial score (nSPS) is 22.9. The van der Waals surface area contributed by atoms with Gasteiger partial charge in [0.05, 0.1) is 16.4 Å². The van der Waals surface area contributed by atoms with Gasteiger partial charge in [0.1, 0.15) is 0 Å². The van der Waals surface area contributed by atoms with Gasteiger partial charge in [0.2, 0.25) is 0 Å². The zero-order valence-electron chi connectivity index (χ0n) is 13.5. The molecule has 4 heteroatoms. The van der Waals surface area contributed by atoms with E-state index < -0.39 is 0 Å². The number of hydrogen-bond donors (Lipinski definition) is 1. The Hall–Kier alpha value is -0.540. The van der Waals surface area contributed by atoms with Crippen LogP contribution in [0.3, 0.4) is 0 Å². The summed E-state index contributed by atoms with van der Waals surface area (Å²) in [7, 11) is 0. The minimum absolute atomic E-state index is 0.208. The summed E-state index contributed by atoms with van der Waals surface area (Å²) < 4.78 is 2.07. The maximum absolute atomic E-state index is 6.42. The van der Waals surface area contributed by atoms with Crippen LogP contribution in [-0.2, 0) is 13.0 Å². The fraction of sp³-hybridized carbons (Fsp3) is 0.812. The molecular formula is C16H28ClN3. The molecule has 3 nitrogen and oxygen atoms in total. The zero-order valence-corrected chi connectivity index (χ0v) is 14.2. The molecule has 114 valence electrons. The van der Waals surface area contributed by atoms with Gasteiger partial charge in [0.15, 0.2) is 0 Å². The highest BCUT2D eigenvalue weighted by atomic mass is 35.5. The molecule has 20 heavy (non-hydrogen) atoms. The largest absolute Gasteiger partial charge is 0.312 e. The van der Waals surface area contributed by atoms with E-state index in [0.717, 1.165) is 42.1 Å². The third-order valence-corrected chi connectivity index (χ3v) is 4.87. The van der Waals surface area contributed by atoms with Crippen LogP contribution in [-0.4, -0.2) is 21.9 Å². The van der Waals surface area contributed by atoms with E-state index in [9.17, 15) is 0 Å². The first-order chi connectivity index (χ1) is 9.31. The number of aryl methyl sites for hydroxylation is 2. The van der Waals surface area contributed by atoms with Crippen LogP contribution in [0, 0.1) is 18.8 Å². The van der Waals surface area contributed by atoms with Gasteiger partial charge in [0.25, 0.3) is 0 Å². The second-order valence-electron chi connectivity index (χ2n) is 7.09. The van der Waals surface area contributed by atoms with E-state index in [2.05, 4.69) is 42.8 Å². The number of aromatic nitrogens is 2. The van der Waals surface area contributed by atoms with Gasteiger partial charge in [-0.05, 0) is 72.3 Å². The van der Waals surface area contributed by atoms with Gasteiger partial charge in [-0.15, -0.1) is 0 Å². The smallest absolute Gasteiger partial charge is 0.0847 e. The maximum atomic E-state index is 6.42. The van der Waals surface area contributed by atoms with E-state index in [1.54, 1.807) is 0 Å². The first-order valence-electron chi connectivity index (χ1n) is 7.78. The van der Waals surface area contributed by atoms with Gasteiger partial charge < -0.3 is 5.32 Å². The van der Waals surface area contributed by atoms with Crippen LogP contribution in [0.25, 0.3) is 0 Å². The molecule has 1 saturated carbocycles. The molecule has 0 spiro atoms. The van der Waals surface area contributed by atoms with Crippen molar-refractivity contribution in [1.29, 1.82) is 0 Å². The SMILES string of the molecule is CCn1nc(C)c(Cl)c1CC1CCC1CNC(C)(C)C. The fourth-order valence-electron chi connectivity index (χ4n) is 2.93. The number of nitrogens with zero attached hydrogens (tertiary/aromatic N) is 2. The Bertz CT molecular complexity index is 459. The second-order valence-corrected chi connectivity index (χ2v) is 7.47. The molecule has 0 saturated heterocycles. The lowest BCUT2D eigenvalue weighted by molar-refractivity contribution is 0.157. The molecule has 0 radical (unpaired) electrons. The quantitative estimate of drug-likeness (QED) is 0.895. The predicted octanol–water partition coefficient (Wildman–Crippen LogP) is 3.82. The van der Waals surface area contributed by atoms with Crippen molar-refractivity contribution < 1.29 is 0 Å². The van der Waals surface area contributed by atoms with Crippen molar-refractivity contribution in [2.75, 3.05) is 6.54 Å². The lowest BCUT2D eigenvalue weighted by Crippen LogP contribution is -2.44. The molecule has 2 atom stereocenters. The first-order valence-corrected chi connectivity index (χ1v) is 8.16. The molecule has 0 amide bonds. The first kappa shape index (κ1) is 15.8. The average Bonchev–Trinajstić information content (AvgIpc) is 2.60. The number of hydrogen-bond acceptors (Lipinski definition) is 2. The van der Waals surface area contributed by atoms with Crippen molar-refractivity contribution in [2.24, 2.45) is 11.8 Å². The highest BCUT2D eigenvalue weighted by Gasteiger charge is 2.33. The molecular weight excluding hydrogens is 270 g/mol. The summed E-state index contributed by atoms with van der Waals surface area (Å²) in [5.41, 5.74) is 2.41. The number of rotatable bonds is 5. The minimum atomic E-state index is 0.208. The van der Waals surface area contributed by atoms with E-state index in [0.29, 0.717) is 0 Å². The second kappa shape index (κ2) is 6.07. The standard InChI is InChI=1S/C16H28ClN3/c1-6-20-14(15(17)11(2)19-20)9-12-7-8-13(12)10-18-16(3,4)5/h12-13,18H,6-10H2,1-5H3. The monoisotopic (exact) mass is 297 g/mol. The lowest BCUT2D eigenvalue weighted by atomic mass is 9.71. The summed E-state index contributed by atoms with van der Waals surface area (Å²) in [6.45, 7) is 12.8. The van der Waals surface area contributed by atoms with Crippen molar-refractivity contribution in [2.45, 2.75) is 66.0 Å². The fourth-order valence-corrected chi connectivity index (χ4v) is 3.14. The summed E-state index contributed by atoms with van der Waals surface area (Å²) in [6.07, 6.45) is 3.73. The number of halogens is 1. The van der Waals surface area contributed by atoms with Crippen molar-refractivity contribution >= 4 is 11.6 Å². The molecule has 1 aliphatic carbocycles. The average molecular weight is 298 g/mol. The van der Waals surface area contributed by atoms with Crippen molar-refractivity contribution in [3.8, 4) is 0 Å². The van der Waals surface area contributed by atoms with E-state index in [4.69, 9.17) is 11.6 Å². The van der Waals surface area contributed by atoms with Crippen LogP contribution >= 0.6 is 11.6 Å². The summed E-state index contributed by atoms with van der Waals surface area (Å²) in [4.78, 5) is 0. The van der Waals surface area contributed by atoms with Gasteiger partial charge in [0, 0.05) is 12.1 Å². The molecule has 1 heterocycles. The van der Waals surface area contributed by atoms with E-state index in [1.165, 1.54) is 18.5 Å². The van der Waals surface area contributed by atoms with Crippen LogP contribution in [0.1, 0.15) is 51.9 Å². The Balaban J connectivity index is 1.97. The minimum Gasteiger partial charge on any atom is -0.312 e. The lowest BCUT2D eigenvalue weighted by Gasteiger charge is -2.39. The third-order valence-electron chi connectivity index (χ3n) is 4.38. The molecule has 1 aromatic heterocycles. The summed E-state index contributed by atoms with van der Waals surface area (Å²) in [5, 5.41) is 9.03. The topological polar surface area (TPSA) is 29.9 Å². The van der Waals surface area contributed by atoms with Crippen molar-refractivity contribution in [3.05, 3.63) is 16.4 Å². The van der Waals surface area contributed by atoms with Crippen LogP contribution in [0.2, 0.25) is 5.02 Å². The summed E-state index contributed by atoms with van der Waals surface area (Å²) >= 11 is 6.42. The molecule has 1 N–H and O–H groups in total. The summed E-state index contributed by atoms with van der Waals surface area (Å²) in [6, 6.07) is 0. The Morgan fingerprint density at radius 1 is 1.30 bits per heavy atom. The maximum Gasteiger partial charge on any atom is 0.0847 e. The molecule has 2 rings (SSSR count). The van der Waals surface area contributed by atoms with Gasteiger partial charge in [-0.1, -0.05) is 11.6 Å².